The van der Waals surface area contributed by atoms with E-state index in [4.69, 9.17) is 4.98 Å². The molecule has 1 atom stereocenters. The number of hydrogen-bond donors (Lipinski definition) is 1. The Morgan fingerprint density at radius 1 is 1.20 bits per heavy atom. The van der Waals surface area contributed by atoms with Crippen molar-refractivity contribution in [2.45, 2.75) is 31.7 Å². The molecule has 2 fully saturated rings. The second kappa shape index (κ2) is 6.96. The van der Waals surface area contributed by atoms with Gasteiger partial charge in [-0.15, -0.1) is 0 Å². The fourth-order valence-corrected chi connectivity index (χ4v) is 3.86. The molecule has 1 aromatic heterocycles. The van der Waals surface area contributed by atoms with Gasteiger partial charge in [-0.1, -0.05) is 12.1 Å². The first-order chi connectivity index (χ1) is 12.2. The average Bonchev–Trinajstić information content (AvgIpc) is 3.26. The van der Waals surface area contributed by atoms with E-state index >= 15 is 0 Å². The summed E-state index contributed by atoms with van der Waals surface area (Å²) < 4.78 is 13.3. The van der Waals surface area contributed by atoms with Crippen LogP contribution in [0.15, 0.2) is 35.1 Å². The Bertz CT molecular complexity index is 800. The Kier molecular flexibility index (Phi) is 4.53. The molecule has 132 valence electrons. The predicted molar refractivity (Wildman–Crippen MR) is 95.3 cm³/mol. The molecule has 0 spiro atoms. The Labute approximate surface area is 146 Å². The lowest BCUT2D eigenvalue weighted by atomic mass is 10.0. The van der Waals surface area contributed by atoms with Crippen LogP contribution < -0.4 is 10.5 Å². The summed E-state index contributed by atoms with van der Waals surface area (Å²) in [4.78, 5) is 24.1. The van der Waals surface area contributed by atoms with E-state index in [1.807, 2.05) is 6.07 Å². The van der Waals surface area contributed by atoms with Crippen molar-refractivity contribution in [1.82, 2.24) is 14.9 Å². The number of likely N-dealkylation sites (tertiary alicyclic amines) is 1. The number of rotatable bonds is 4. The van der Waals surface area contributed by atoms with E-state index in [-0.39, 0.29) is 17.3 Å². The summed E-state index contributed by atoms with van der Waals surface area (Å²) in [5.74, 6) is 0.778. The fraction of sp³-hybridized carbons (Fsp3) is 0.474. The highest BCUT2D eigenvalue weighted by atomic mass is 19.1. The van der Waals surface area contributed by atoms with E-state index in [0.29, 0.717) is 5.95 Å². The van der Waals surface area contributed by atoms with Crippen LogP contribution >= 0.6 is 0 Å². The van der Waals surface area contributed by atoms with Gasteiger partial charge >= 0.3 is 0 Å². The number of anilines is 1. The van der Waals surface area contributed by atoms with Crippen LogP contribution in [0.25, 0.3) is 0 Å². The van der Waals surface area contributed by atoms with Crippen molar-refractivity contribution >= 4 is 5.95 Å². The largest absolute Gasteiger partial charge is 0.342 e. The van der Waals surface area contributed by atoms with Gasteiger partial charge in [0.25, 0.3) is 5.56 Å². The average molecular weight is 342 g/mol. The number of halogens is 1. The summed E-state index contributed by atoms with van der Waals surface area (Å²) in [5.41, 5.74) is 1.79. The highest BCUT2D eigenvalue weighted by Gasteiger charge is 2.26. The van der Waals surface area contributed by atoms with Crippen LogP contribution in [0.2, 0.25) is 0 Å². The predicted octanol–water partition coefficient (Wildman–Crippen LogP) is 2.50. The Hall–Kier alpha value is -2.21. The van der Waals surface area contributed by atoms with Crippen LogP contribution in [0.5, 0.6) is 0 Å². The number of H-pyrrole nitrogens is 1. The topological polar surface area (TPSA) is 52.2 Å². The van der Waals surface area contributed by atoms with Gasteiger partial charge in [0.05, 0.1) is 5.69 Å². The van der Waals surface area contributed by atoms with E-state index in [1.54, 1.807) is 18.2 Å². The molecule has 0 bridgehead atoms. The molecular formula is C19H23FN4O. The van der Waals surface area contributed by atoms with Gasteiger partial charge in [-0.2, -0.15) is 0 Å². The minimum atomic E-state index is -0.195. The first-order valence-corrected chi connectivity index (χ1v) is 9.00. The van der Waals surface area contributed by atoms with E-state index in [9.17, 15) is 9.18 Å². The van der Waals surface area contributed by atoms with E-state index in [2.05, 4.69) is 14.8 Å². The molecular weight excluding hydrogens is 319 g/mol. The first kappa shape index (κ1) is 16.3. The van der Waals surface area contributed by atoms with Crippen molar-refractivity contribution in [3.05, 3.63) is 57.8 Å². The molecule has 3 heterocycles. The second-order valence-corrected chi connectivity index (χ2v) is 7.04. The van der Waals surface area contributed by atoms with Gasteiger partial charge in [0.1, 0.15) is 5.82 Å². The monoisotopic (exact) mass is 342 g/mol. The molecule has 2 aliphatic heterocycles. The molecule has 5 nitrogen and oxygen atoms in total. The van der Waals surface area contributed by atoms with E-state index < -0.39 is 0 Å². The zero-order chi connectivity index (χ0) is 17.2. The zero-order valence-corrected chi connectivity index (χ0v) is 14.2. The third-order valence-electron chi connectivity index (χ3n) is 5.14. The first-order valence-electron chi connectivity index (χ1n) is 9.00. The second-order valence-electron chi connectivity index (χ2n) is 7.04. The minimum absolute atomic E-state index is 0.0736. The van der Waals surface area contributed by atoms with Crippen molar-refractivity contribution in [1.29, 1.82) is 0 Å². The van der Waals surface area contributed by atoms with Crippen LogP contribution in [0.4, 0.5) is 10.3 Å². The summed E-state index contributed by atoms with van der Waals surface area (Å²) in [6, 6.07) is 8.39. The van der Waals surface area contributed by atoms with Gasteiger partial charge in [0.15, 0.2) is 0 Å². The van der Waals surface area contributed by atoms with Crippen molar-refractivity contribution < 1.29 is 4.39 Å². The Morgan fingerprint density at radius 3 is 2.84 bits per heavy atom. The number of hydrogen-bond acceptors (Lipinski definition) is 4. The standard InChI is InChI=1S/C19H23FN4O/c20-16-5-3-4-14(10-16)12-23-9-6-15(13-23)17-11-18(25)22-19(21-17)24-7-1-2-8-24/h3-5,10-11,15H,1-2,6-9,12-13H2,(H,21,22,25). The molecule has 2 aromatic rings. The molecule has 0 amide bonds. The SMILES string of the molecule is O=c1cc(C2CCN(Cc3cccc(F)c3)C2)nc(N2CCCC2)[nH]1. The van der Waals surface area contributed by atoms with Gasteiger partial charge in [0, 0.05) is 38.2 Å². The molecule has 0 aliphatic carbocycles. The maximum Gasteiger partial charge on any atom is 0.252 e. The van der Waals surface area contributed by atoms with Crippen molar-refractivity contribution in [3.63, 3.8) is 0 Å². The zero-order valence-electron chi connectivity index (χ0n) is 14.2. The number of benzene rings is 1. The molecule has 0 saturated carbocycles. The molecule has 25 heavy (non-hydrogen) atoms. The Morgan fingerprint density at radius 2 is 2.04 bits per heavy atom. The summed E-state index contributed by atoms with van der Waals surface area (Å²) in [6.07, 6.45) is 3.28. The third kappa shape index (κ3) is 3.74. The summed E-state index contributed by atoms with van der Waals surface area (Å²) in [7, 11) is 0. The van der Waals surface area contributed by atoms with Gasteiger partial charge in [0.2, 0.25) is 5.95 Å². The number of nitrogens with zero attached hydrogens (tertiary/aromatic N) is 3. The van der Waals surface area contributed by atoms with Crippen LogP contribution in [0.3, 0.4) is 0 Å². The molecule has 2 saturated heterocycles. The quantitative estimate of drug-likeness (QED) is 0.928. The number of aromatic nitrogens is 2. The van der Waals surface area contributed by atoms with Gasteiger partial charge in [-0.05, 0) is 43.5 Å². The molecule has 1 N–H and O–H groups in total. The summed E-state index contributed by atoms with van der Waals surface area (Å²) in [5, 5.41) is 0. The fourth-order valence-electron chi connectivity index (χ4n) is 3.86. The molecule has 4 rings (SSSR count). The van der Waals surface area contributed by atoms with Crippen LogP contribution in [0, 0.1) is 5.82 Å². The van der Waals surface area contributed by atoms with Crippen LogP contribution in [-0.4, -0.2) is 41.0 Å². The lowest BCUT2D eigenvalue weighted by Gasteiger charge is -2.18. The summed E-state index contributed by atoms with van der Waals surface area (Å²) in [6.45, 7) is 4.45. The number of aromatic amines is 1. The van der Waals surface area contributed by atoms with Crippen molar-refractivity contribution in [2.75, 3.05) is 31.1 Å². The maximum atomic E-state index is 13.3. The van der Waals surface area contributed by atoms with Crippen molar-refractivity contribution in [3.8, 4) is 0 Å². The highest BCUT2D eigenvalue weighted by Crippen LogP contribution is 2.27. The molecule has 1 aromatic carbocycles. The normalized spacial score (nSPS) is 21.2. The van der Waals surface area contributed by atoms with Crippen molar-refractivity contribution in [2.24, 2.45) is 0 Å². The van der Waals surface area contributed by atoms with Crippen LogP contribution in [-0.2, 0) is 6.54 Å². The third-order valence-corrected chi connectivity index (χ3v) is 5.14. The lowest BCUT2D eigenvalue weighted by Crippen LogP contribution is -2.25. The maximum absolute atomic E-state index is 13.3. The van der Waals surface area contributed by atoms with Gasteiger partial charge in [-0.3, -0.25) is 14.7 Å². The van der Waals surface area contributed by atoms with E-state index in [1.165, 1.54) is 6.07 Å². The molecule has 0 radical (unpaired) electrons. The molecule has 6 heteroatoms. The number of nitrogens with one attached hydrogen (secondary N) is 1. The van der Waals surface area contributed by atoms with Gasteiger partial charge < -0.3 is 4.90 Å². The van der Waals surface area contributed by atoms with Crippen LogP contribution in [0.1, 0.15) is 36.4 Å². The molecule has 1 unspecified atom stereocenters. The molecule has 2 aliphatic rings. The lowest BCUT2D eigenvalue weighted by molar-refractivity contribution is 0.326. The smallest absolute Gasteiger partial charge is 0.252 e. The Balaban J connectivity index is 1.47. The van der Waals surface area contributed by atoms with Gasteiger partial charge in [-0.25, -0.2) is 9.37 Å². The summed E-state index contributed by atoms with van der Waals surface area (Å²) >= 11 is 0. The highest BCUT2D eigenvalue weighted by molar-refractivity contribution is 5.32. The van der Waals surface area contributed by atoms with E-state index in [0.717, 1.165) is 63.2 Å². The minimum Gasteiger partial charge on any atom is -0.342 e.